The Balaban J connectivity index is 3.10. The van der Waals surface area contributed by atoms with E-state index in [2.05, 4.69) is 0 Å². The van der Waals surface area contributed by atoms with E-state index in [-0.39, 0.29) is 13.2 Å². The second kappa shape index (κ2) is 5.34. The first-order chi connectivity index (χ1) is 8.25. The third kappa shape index (κ3) is 3.43. The highest BCUT2D eigenvalue weighted by molar-refractivity contribution is 5.94. The fraction of sp³-hybridized carbons (Fsp3) is 0.364. The standard InChI is InChI=1S/C11H11F4NO2/c1-16(2-3-17)10(18)7-4-8(11(13,14)15)6-9(12)5-7/h4-6,17H,2-3H2,1H3. The third-order valence-corrected chi connectivity index (χ3v) is 2.25. The predicted octanol–water partition coefficient (Wildman–Crippen LogP) is 1.91. The molecule has 0 unspecified atom stereocenters. The summed E-state index contributed by atoms with van der Waals surface area (Å²) in [6.45, 7) is -0.375. The number of hydrogen-bond acceptors (Lipinski definition) is 2. The minimum atomic E-state index is -4.72. The van der Waals surface area contributed by atoms with Gasteiger partial charge in [-0.05, 0) is 18.2 Å². The quantitative estimate of drug-likeness (QED) is 0.848. The van der Waals surface area contributed by atoms with Crippen molar-refractivity contribution in [1.82, 2.24) is 4.90 Å². The smallest absolute Gasteiger partial charge is 0.395 e. The maximum atomic E-state index is 13.0. The highest BCUT2D eigenvalue weighted by Gasteiger charge is 2.32. The minimum absolute atomic E-state index is 0.0449. The molecule has 1 aromatic rings. The SMILES string of the molecule is CN(CCO)C(=O)c1cc(F)cc(C(F)(F)F)c1. The molecule has 0 heterocycles. The lowest BCUT2D eigenvalue weighted by Gasteiger charge is -2.16. The van der Waals surface area contributed by atoms with Crippen LogP contribution in [-0.2, 0) is 6.18 Å². The third-order valence-electron chi connectivity index (χ3n) is 2.25. The van der Waals surface area contributed by atoms with Gasteiger partial charge in [-0.15, -0.1) is 0 Å². The molecule has 0 bridgehead atoms. The van der Waals surface area contributed by atoms with Gasteiger partial charge in [0.1, 0.15) is 5.82 Å². The zero-order valence-electron chi connectivity index (χ0n) is 9.46. The van der Waals surface area contributed by atoms with Crippen molar-refractivity contribution in [1.29, 1.82) is 0 Å². The molecule has 0 fully saturated rings. The van der Waals surface area contributed by atoms with Crippen LogP contribution >= 0.6 is 0 Å². The van der Waals surface area contributed by atoms with E-state index >= 15 is 0 Å². The van der Waals surface area contributed by atoms with Gasteiger partial charge in [0.15, 0.2) is 0 Å². The first kappa shape index (κ1) is 14.4. The maximum Gasteiger partial charge on any atom is 0.416 e. The number of hydrogen-bond donors (Lipinski definition) is 1. The van der Waals surface area contributed by atoms with Crippen molar-refractivity contribution < 1.29 is 27.5 Å². The number of benzene rings is 1. The highest BCUT2D eigenvalue weighted by Crippen LogP contribution is 2.30. The topological polar surface area (TPSA) is 40.5 Å². The van der Waals surface area contributed by atoms with Crippen molar-refractivity contribution >= 4 is 5.91 Å². The van der Waals surface area contributed by atoms with Crippen molar-refractivity contribution in [2.45, 2.75) is 6.18 Å². The van der Waals surface area contributed by atoms with E-state index in [1.807, 2.05) is 0 Å². The lowest BCUT2D eigenvalue weighted by atomic mass is 10.1. The lowest BCUT2D eigenvalue weighted by Crippen LogP contribution is -2.29. The Morgan fingerprint density at radius 1 is 1.33 bits per heavy atom. The highest BCUT2D eigenvalue weighted by atomic mass is 19.4. The van der Waals surface area contributed by atoms with Crippen LogP contribution in [-0.4, -0.2) is 36.1 Å². The molecule has 1 N–H and O–H groups in total. The number of alkyl halides is 3. The van der Waals surface area contributed by atoms with Gasteiger partial charge < -0.3 is 10.0 Å². The summed E-state index contributed by atoms with van der Waals surface area (Å²) in [4.78, 5) is 12.7. The molecule has 0 aliphatic heterocycles. The summed E-state index contributed by atoms with van der Waals surface area (Å²) < 4.78 is 50.3. The van der Waals surface area contributed by atoms with Crippen LogP contribution in [0.1, 0.15) is 15.9 Å². The fourth-order valence-electron chi connectivity index (χ4n) is 1.35. The molecule has 1 rings (SSSR count). The molecule has 18 heavy (non-hydrogen) atoms. The monoisotopic (exact) mass is 265 g/mol. The zero-order valence-corrected chi connectivity index (χ0v) is 9.46. The van der Waals surface area contributed by atoms with Gasteiger partial charge in [-0.25, -0.2) is 4.39 Å². The van der Waals surface area contributed by atoms with Gasteiger partial charge in [-0.2, -0.15) is 13.2 Å². The fourth-order valence-corrected chi connectivity index (χ4v) is 1.35. The van der Waals surface area contributed by atoms with E-state index < -0.39 is 29.0 Å². The van der Waals surface area contributed by atoms with Crippen LogP contribution in [0.15, 0.2) is 18.2 Å². The number of aliphatic hydroxyl groups excluding tert-OH is 1. The van der Waals surface area contributed by atoms with E-state index in [9.17, 15) is 22.4 Å². The molecule has 0 atom stereocenters. The molecular weight excluding hydrogens is 254 g/mol. The number of amides is 1. The Bertz CT molecular complexity index is 445. The number of carbonyl (C=O) groups excluding carboxylic acids is 1. The molecule has 0 aliphatic carbocycles. The van der Waals surface area contributed by atoms with Crippen LogP contribution < -0.4 is 0 Å². The van der Waals surface area contributed by atoms with Crippen LogP contribution in [0.2, 0.25) is 0 Å². The second-order valence-electron chi connectivity index (χ2n) is 3.68. The summed E-state index contributed by atoms with van der Waals surface area (Å²) >= 11 is 0. The predicted molar refractivity (Wildman–Crippen MR) is 55.4 cm³/mol. The van der Waals surface area contributed by atoms with Crippen LogP contribution in [0, 0.1) is 5.82 Å². The average Bonchev–Trinajstić information content (AvgIpc) is 2.26. The summed E-state index contributed by atoms with van der Waals surface area (Å²) in [7, 11) is 1.30. The maximum absolute atomic E-state index is 13.0. The number of halogens is 4. The molecule has 3 nitrogen and oxygen atoms in total. The first-order valence-electron chi connectivity index (χ1n) is 5.00. The molecule has 0 aromatic heterocycles. The molecule has 7 heteroatoms. The summed E-state index contributed by atoms with van der Waals surface area (Å²) in [5.74, 6) is -1.92. The summed E-state index contributed by atoms with van der Waals surface area (Å²) in [6, 6.07) is 1.63. The molecule has 0 spiro atoms. The number of rotatable bonds is 3. The van der Waals surface area contributed by atoms with E-state index in [0.717, 1.165) is 11.0 Å². The Kier molecular flexibility index (Phi) is 4.28. The number of carbonyl (C=O) groups is 1. The minimum Gasteiger partial charge on any atom is -0.395 e. The molecular formula is C11H11F4NO2. The van der Waals surface area contributed by atoms with Crippen molar-refractivity contribution in [3.05, 3.63) is 35.1 Å². The molecule has 100 valence electrons. The molecule has 1 amide bonds. The number of aliphatic hydroxyl groups is 1. The van der Waals surface area contributed by atoms with E-state index in [4.69, 9.17) is 5.11 Å². The van der Waals surface area contributed by atoms with Crippen molar-refractivity contribution in [2.75, 3.05) is 20.2 Å². The van der Waals surface area contributed by atoms with E-state index in [1.54, 1.807) is 0 Å². The van der Waals surface area contributed by atoms with Gasteiger partial charge in [0.2, 0.25) is 0 Å². The largest absolute Gasteiger partial charge is 0.416 e. The molecule has 1 aromatic carbocycles. The second-order valence-corrected chi connectivity index (χ2v) is 3.68. The number of likely N-dealkylation sites (N-methyl/N-ethyl adjacent to an activating group) is 1. The zero-order chi connectivity index (χ0) is 13.9. The Labute approximate surface area is 101 Å². The van der Waals surface area contributed by atoms with Crippen LogP contribution in [0.5, 0.6) is 0 Å². The van der Waals surface area contributed by atoms with Crippen LogP contribution in [0.3, 0.4) is 0 Å². The van der Waals surface area contributed by atoms with Crippen molar-refractivity contribution in [3.8, 4) is 0 Å². The summed E-state index contributed by atoms with van der Waals surface area (Å²) in [5, 5.41) is 8.62. The van der Waals surface area contributed by atoms with Crippen LogP contribution in [0.25, 0.3) is 0 Å². The average molecular weight is 265 g/mol. The summed E-state index contributed by atoms with van der Waals surface area (Å²) in [5.41, 5.74) is -1.62. The Hall–Kier alpha value is -1.63. The van der Waals surface area contributed by atoms with Gasteiger partial charge >= 0.3 is 6.18 Å². The lowest BCUT2D eigenvalue weighted by molar-refractivity contribution is -0.137. The first-order valence-corrected chi connectivity index (χ1v) is 5.00. The van der Waals surface area contributed by atoms with Gasteiger partial charge in [0, 0.05) is 19.2 Å². The van der Waals surface area contributed by atoms with E-state index in [1.165, 1.54) is 7.05 Å². The normalized spacial score (nSPS) is 11.4. The van der Waals surface area contributed by atoms with Gasteiger partial charge in [-0.1, -0.05) is 0 Å². The van der Waals surface area contributed by atoms with E-state index in [0.29, 0.717) is 12.1 Å². The van der Waals surface area contributed by atoms with Crippen molar-refractivity contribution in [2.24, 2.45) is 0 Å². The van der Waals surface area contributed by atoms with Gasteiger partial charge in [0.05, 0.1) is 12.2 Å². The Morgan fingerprint density at radius 3 is 2.44 bits per heavy atom. The summed E-state index contributed by atoms with van der Waals surface area (Å²) in [6.07, 6.45) is -4.72. The van der Waals surface area contributed by atoms with Gasteiger partial charge in [0.25, 0.3) is 5.91 Å². The molecule has 0 aliphatic rings. The van der Waals surface area contributed by atoms with Crippen molar-refractivity contribution in [3.63, 3.8) is 0 Å². The number of nitrogens with zero attached hydrogens (tertiary/aromatic N) is 1. The van der Waals surface area contributed by atoms with Gasteiger partial charge in [-0.3, -0.25) is 4.79 Å². The molecule has 0 saturated heterocycles. The van der Waals surface area contributed by atoms with Crippen LogP contribution in [0.4, 0.5) is 17.6 Å². The molecule has 0 saturated carbocycles. The Morgan fingerprint density at radius 2 is 1.94 bits per heavy atom. The molecule has 0 radical (unpaired) electrons.